The van der Waals surface area contributed by atoms with Crippen molar-refractivity contribution < 1.29 is 9.59 Å². The molecular weight excluding hydrogens is 324 g/mol. The van der Waals surface area contributed by atoms with Gasteiger partial charge in [0.2, 0.25) is 5.78 Å². The van der Waals surface area contributed by atoms with Crippen molar-refractivity contribution in [3.63, 3.8) is 0 Å². The number of ketones is 2. The summed E-state index contributed by atoms with van der Waals surface area (Å²) in [5, 5.41) is 0. The lowest BCUT2D eigenvalue weighted by Crippen LogP contribution is -2.07. The van der Waals surface area contributed by atoms with Crippen LogP contribution in [0.25, 0.3) is 16.9 Å². The largest absolute Gasteiger partial charge is 0.304 e. The smallest absolute Gasteiger partial charge is 0.209 e. The standard InChI is InChI=1S/C22H16N2O2/c1-15(25)17-14-21(22(26)16-8-3-2-4-9-16)24-19(17)11-7-12-20(24)18-10-5-6-13-23-18/h2-14H,1H3. The Hall–Kier alpha value is -3.53. The highest BCUT2D eigenvalue weighted by molar-refractivity contribution is 6.12. The number of fused-ring (bicyclic) bond motifs is 1. The number of carbonyl (C=O) groups is 2. The fourth-order valence-corrected chi connectivity index (χ4v) is 3.15. The van der Waals surface area contributed by atoms with Gasteiger partial charge in [0, 0.05) is 17.3 Å². The second kappa shape index (κ2) is 6.41. The Bertz CT molecular complexity index is 1110. The van der Waals surface area contributed by atoms with Crippen LogP contribution in [-0.4, -0.2) is 21.0 Å². The molecule has 0 spiro atoms. The highest BCUT2D eigenvalue weighted by Gasteiger charge is 2.21. The molecule has 3 aromatic heterocycles. The Labute approximate surface area is 150 Å². The fraction of sp³-hybridized carbons (Fsp3) is 0.0455. The Morgan fingerprint density at radius 2 is 1.65 bits per heavy atom. The van der Waals surface area contributed by atoms with Gasteiger partial charge in [0.05, 0.1) is 22.6 Å². The maximum Gasteiger partial charge on any atom is 0.209 e. The predicted octanol–water partition coefficient (Wildman–Crippen LogP) is 4.43. The number of rotatable bonds is 4. The minimum absolute atomic E-state index is 0.0761. The van der Waals surface area contributed by atoms with Crippen molar-refractivity contribution in [1.29, 1.82) is 0 Å². The van der Waals surface area contributed by atoms with Gasteiger partial charge in [0.25, 0.3) is 0 Å². The molecule has 0 atom stereocenters. The molecule has 0 aliphatic heterocycles. The van der Waals surface area contributed by atoms with Crippen molar-refractivity contribution in [2.75, 3.05) is 0 Å². The van der Waals surface area contributed by atoms with E-state index in [9.17, 15) is 9.59 Å². The van der Waals surface area contributed by atoms with E-state index in [0.29, 0.717) is 22.3 Å². The highest BCUT2D eigenvalue weighted by Crippen LogP contribution is 2.27. The number of aromatic nitrogens is 2. The quantitative estimate of drug-likeness (QED) is 0.516. The molecule has 4 nitrogen and oxygen atoms in total. The maximum absolute atomic E-state index is 13.1. The van der Waals surface area contributed by atoms with Crippen LogP contribution in [0.1, 0.15) is 33.3 Å². The van der Waals surface area contributed by atoms with Gasteiger partial charge in [-0.15, -0.1) is 0 Å². The third kappa shape index (κ3) is 2.62. The zero-order chi connectivity index (χ0) is 18.1. The van der Waals surface area contributed by atoms with Crippen LogP contribution in [0, 0.1) is 0 Å². The predicted molar refractivity (Wildman–Crippen MR) is 101 cm³/mol. The molecule has 0 radical (unpaired) electrons. The molecule has 1 aromatic carbocycles. The third-order valence-electron chi connectivity index (χ3n) is 4.36. The van der Waals surface area contributed by atoms with Crippen molar-refractivity contribution >= 4 is 17.1 Å². The summed E-state index contributed by atoms with van der Waals surface area (Å²) in [6, 6.07) is 22.0. The number of nitrogens with zero attached hydrogens (tertiary/aromatic N) is 2. The van der Waals surface area contributed by atoms with Gasteiger partial charge >= 0.3 is 0 Å². The van der Waals surface area contributed by atoms with E-state index in [1.54, 1.807) is 24.4 Å². The van der Waals surface area contributed by atoms with E-state index in [1.807, 2.05) is 59.0 Å². The fourth-order valence-electron chi connectivity index (χ4n) is 3.15. The lowest BCUT2D eigenvalue weighted by molar-refractivity contribution is 0.101. The number of pyridine rings is 2. The monoisotopic (exact) mass is 340 g/mol. The first-order valence-electron chi connectivity index (χ1n) is 8.33. The zero-order valence-electron chi connectivity index (χ0n) is 14.2. The summed E-state index contributed by atoms with van der Waals surface area (Å²) in [6.45, 7) is 1.51. The number of benzene rings is 1. The Balaban J connectivity index is 2.04. The van der Waals surface area contributed by atoms with Crippen LogP contribution in [0.5, 0.6) is 0 Å². The van der Waals surface area contributed by atoms with Crippen LogP contribution in [0.15, 0.2) is 79.0 Å². The van der Waals surface area contributed by atoms with Crippen LogP contribution >= 0.6 is 0 Å². The molecule has 126 valence electrons. The number of carbonyl (C=O) groups excluding carboxylic acids is 2. The molecule has 26 heavy (non-hydrogen) atoms. The van der Waals surface area contributed by atoms with Crippen LogP contribution in [-0.2, 0) is 0 Å². The van der Waals surface area contributed by atoms with Crippen LogP contribution in [0.2, 0.25) is 0 Å². The molecule has 0 aliphatic rings. The van der Waals surface area contributed by atoms with E-state index >= 15 is 0 Å². The normalized spacial score (nSPS) is 10.8. The summed E-state index contributed by atoms with van der Waals surface area (Å²) in [5.41, 5.74) is 3.79. The van der Waals surface area contributed by atoms with Gasteiger partial charge in [0.15, 0.2) is 5.78 Å². The van der Waals surface area contributed by atoms with Crippen molar-refractivity contribution in [2.45, 2.75) is 6.92 Å². The summed E-state index contributed by atoms with van der Waals surface area (Å²) in [6.07, 6.45) is 1.71. The van der Waals surface area contributed by atoms with E-state index in [2.05, 4.69) is 4.98 Å². The van der Waals surface area contributed by atoms with Gasteiger partial charge in [-0.3, -0.25) is 14.6 Å². The van der Waals surface area contributed by atoms with Gasteiger partial charge in [-0.2, -0.15) is 0 Å². The molecule has 4 aromatic rings. The first kappa shape index (κ1) is 16.0. The van der Waals surface area contributed by atoms with E-state index in [0.717, 1.165) is 11.4 Å². The highest BCUT2D eigenvalue weighted by atomic mass is 16.1. The summed E-state index contributed by atoms with van der Waals surface area (Å²) >= 11 is 0. The number of Topliss-reactive ketones (excluding diaryl/α,β-unsaturated/α-hetero) is 1. The molecule has 0 unspecified atom stereocenters. The molecule has 0 aliphatic carbocycles. The third-order valence-corrected chi connectivity index (χ3v) is 4.36. The lowest BCUT2D eigenvalue weighted by atomic mass is 10.1. The molecule has 4 heteroatoms. The van der Waals surface area contributed by atoms with Crippen molar-refractivity contribution in [3.8, 4) is 11.4 Å². The Kier molecular flexibility index (Phi) is 3.93. The first-order valence-corrected chi connectivity index (χ1v) is 8.33. The Morgan fingerprint density at radius 1 is 0.885 bits per heavy atom. The minimum Gasteiger partial charge on any atom is -0.304 e. The van der Waals surface area contributed by atoms with E-state index < -0.39 is 0 Å². The van der Waals surface area contributed by atoms with Gasteiger partial charge < -0.3 is 4.40 Å². The van der Waals surface area contributed by atoms with Crippen molar-refractivity contribution in [1.82, 2.24) is 9.38 Å². The second-order valence-electron chi connectivity index (χ2n) is 6.04. The van der Waals surface area contributed by atoms with E-state index in [1.165, 1.54) is 6.92 Å². The van der Waals surface area contributed by atoms with Crippen LogP contribution in [0.4, 0.5) is 0 Å². The minimum atomic E-state index is -0.128. The summed E-state index contributed by atoms with van der Waals surface area (Å²) in [7, 11) is 0. The molecule has 0 saturated carbocycles. The SMILES string of the molecule is CC(=O)c1cc(C(=O)c2ccccc2)n2c(-c3ccccn3)cccc12. The Morgan fingerprint density at radius 3 is 2.35 bits per heavy atom. The average Bonchev–Trinajstić information content (AvgIpc) is 3.09. The van der Waals surface area contributed by atoms with Crippen LogP contribution < -0.4 is 0 Å². The van der Waals surface area contributed by atoms with Gasteiger partial charge in [-0.1, -0.05) is 42.5 Å². The first-order chi connectivity index (χ1) is 12.7. The topological polar surface area (TPSA) is 51.4 Å². The van der Waals surface area contributed by atoms with E-state index in [-0.39, 0.29) is 11.6 Å². The molecule has 0 amide bonds. The van der Waals surface area contributed by atoms with Crippen LogP contribution in [0.3, 0.4) is 0 Å². The molecule has 3 heterocycles. The molecule has 4 rings (SSSR count). The van der Waals surface area contributed by atoms with Gasteiger partial charge in [-0.25, -0.2) is 0 Å². The second-order valence-corrected chi connectivity index (χ2v) is 6.04. The van der Waals surface area contributed by atoms with Gasteiger partial charge in [0.1, 0.15) is 0 Å². The number of hydrogen-bond acceptors (Lipinski definition) is 3. The molecule has 0 fully saturated rings. The number of hydrogen-bond donors (Lipinski definition) is 0. The lowest BCUT2D eigenvalue weighted by Gasteiger charge is -2.09. The zero-order valence-corrected chi connectivity index (χ0v) is 14.2. The molecule has 0 N–H and O–H groups in total. The average molecular weight is 340 g/mol. The summed E-state index contributed by atoms with van der Waals surface area (Å²) in [4.78, 5) is 29.7. The van der Waals surface area contributed by atoms with Crippen molar-refractivity contribution in [2.24, 2.45) is 0 Å². The maximum atomic E-state index is 13.1. The van der Waals surface area contributed by atoms with Crippen molar-refractivity contribution in [3.05, 3.63) is 95.8 Å². The van der Waals surface area contributed by atoms with Gasteiger partial charge in [-0.05, 0) is 37.3 Å². The van der Waals surface area contributed by atoms with E-state index in [4.69, 9.17) is 0 Å². The molecular formula is C22H16N2O2. The summed E-state index contributed by atoms with van der Waals surface area (Å²) < 4.78 is 1.83. The summed E-state index contributed by atoms with van der Waals surface area (Å²) in [5.74, 6) is -0.204. The molecule has 0 bridgehead atoms. The molecule has 0 saturated heterocycles.